The standard InChI is InChI=1S/C24H25F2N3O3/c1-3-14-32-18-7-4-16(5-8-18)21-22(28-12-10-27(2)11-13-28)24(31)29(23(21)30)20-15-17(25)6-9-19(20)26/h4-9,15H,3,10-14H2,1-2H3. The number of nitrogens with zero attached hydrogens (tertiary/aromatic N) is 3. The quantitative estimate of drug-likeness (QED) is 0.644. The number of amides is 2. The summed E-state index contributed by atoms with van der Waals surface area (Å²) in [6, 6.07) is 9.65. The highest BCUT2D eigenvalue weighted by atomic mass is 19.1. The molecule has 2 aromatic carbocycles. The molecule has 32 heavy (non-hydrogen) atoms. The Morgan fingerprint density at radius 3 is 2.28 bits per heavy atom. The van der Waals surface area contributed by atoms with Crippen molar-refractivity contribution < 1.29 is 23.1 Å². The van der Waals surface area contributed by atoms with Gasteiger partial charge in [0.2, 0.25) is 0 Å². The van der Waals surface area contributed by atoms with Crippen LogP contribution in [0.1, 0.15) is 18.9 Å². The number of halogens is 2. The Labute approximate surface area is 185 Å². The largest absolute Gasteiger partial charge is 0.494 e. The highest BCUT2D eigenvalue weighted by Crippen LogP contribution is 2.36. The molecular formula is C24H25F2N3O3. The summed E-state index contributed by atoms with van der Waals surface area (Å²) < 4.78 is 34.0. The van der Waals surface area contributed by atoms with E-state index in [1.807, 2.05) is 18.9 Å². The van der Waals surface area contributed by atoms with Crippen LogP contribution < -0.4 is 9.64 Å². The van der Waals surface area contributed by atoms with E-state index >= 15 is 0 Å². The van der Waals surface area contributed by atoms with Crippen LogP contribution in [0.3, 0.4) is 0 Å². The molecule has 0 radical (unpaired) electrons. The SMILES string of the molecule is CCCOc1ccc(C2=C(N3CCN(C)CC3)C(=O)N(c3cc(F)ccc3F)C2=O)cc1. The van der Waals surface area contributed by atoms with Crippen molar-refractivity contribution in [3.63, 3.8) is 0 Å². The van der Waals surface area contributed by atoms with E-state index in [1.54, 1.807) is 24.3 Å². The fraction of sp³-hybridized carbons (Fsp3) is 0.333. The number of likely N-dealkylation sites (N-methyl/N-ethyl adjacent to an activating group) is 1. The van der Waals surface area contributed by atoms with Crippen LogP contribution in [-0.2, 0) is 9.59 Å². The molecule has 0 bridgehead atoms. The first-order valence-electron chi connectivity index (χ1n) is 10.7. The molecule has 2 aliphatic heterocycles. The fourth-order valence-electron chi connectivity index (χ4n) is 3.92. The summed E-state index contributed by atoms with van der Waals surface area (Å²) in [5.41, 5.74) is 0.546. The van der Waals surface area contributed by atoms with Gasteiger partial charge in [-0.3, -0.25) is 9.59 Å². The molecule has 1 fully saturated rings. The van der Waals surface area contributed by atoms with Gasteiger partial charge < -0.3 is 14.5 Å². The molecule has 2 heterocycles. The lowest BCUT2D eigenvalue weighted by molar-refractivity contribution is -0.120. The first-order chi connectivity index (χ1) is 15.4. The highest BCUT2D eigenvalue weighted by molar-refractivity contribution is 6.45. The topological polar surface area (TPSA) is 53.1 Å². The lowest BCUT2D eigenvalue weighted by Crippen LogP contribution is -2.46. The second-order valence-corrected chi connectivity index (χ2v) is 7.93. The maximum atomic E-state index is 14.5. The maximum Gasteiger partial charge on any atom is 0.282 e. The van der Waals surface area contributed by atoms with Crippen molar-refractivity contribution in [3.8, 4) is 5.75 Å². The summed E-state index contributed by atoms with van der Waals surface area (Å²) in [6.07, 6.45) is 0.863. The Morgan fingerprint density at radius 1 is 0.938 bits per heavy atom. The average Bonchev–Trinajstić information content (AvgIpc) is 3.05. The number of rotatable bonds is 6. The van der Waals surface area contributed by atoms with Gasteiger partial charge in [0, 0.05) is 32.2 Å². The van der Waals surface area contributed by atoms with Crippen LogP contribution >= 0.6 is 0 Å². The van der Waals surface area contributed by atoms with Gasteiger partial charge >= 0.3 is 0 Å². The van der Waals surface area contributed by atoms with Crippen molar-refractivity contribution in [2.24, 2.45) is 0 Å². The maximum absolute atomic E-state index is 14.5. The average molecular weight is 441 g/mol. The summed E-state index contributed by atoms with van der Waals surface area (Å²) in [5, 5.41) is 0. The van der Waals surface area contributed by atoms with Crippen LogP contribution in [-0.4, -0.2) is 61.4 Å². The Bertz CT molecular complexity index is 1060. The number of carbonyl (C=O) groups is 2. The third kappa shape index (κ3) is 4.10. The predicted molar refractivity (Wildman–Crippen MR) is 117 cm³/mol. The van der Waals surface area contributed by atoms with Gasteiger partial charge in [0.05, 0.1) is 17.9 Å². The summed E-state index contributed by atoms with van der Waals surface area (Å²) in [5.74, 6) is -2.23. The number of benzene rings is 2. The van der Waals surface area contributed by atoms with E-state index in [1.165, 1.54) is 0 Å². The number of hydrogen-bond acceptors (Lipinski definition) is 5. The molecule has 2 aromatic rings. The molecular weight excluding hydrogens is 416 g/mol. The molecule has 2 amide bonds. The second-order valence-electron chi connectivity index (χ2n) is 7.93. The van der Waals surface area contributed by atoms with Crippen LogP contribution in [0.25, 0.3) is 5.57 Å². The van der Waals surface area contributed by atoms with Crippen LogP contribution in [0.2, 0.25) is 0 Å². The molecule has 168 valence electrons. The van der Waals surface area contributed by atoms with Crippen LogP contribution in [0.4, 0.5) is 14.5 Å². The molecule has 4 rings (SSSR count). The van der Waals surface area contributed by atoms with Gasteiger partial charge in [0.25, 0.3) is 11.8 Å². The number of hydrogen-bond donors (Lipinski definition) is 0. The molecule has 2 aliphatic rings. The van der Waals surface area contributed by atoms with E-state index in [2.05, 4.69) is 4.90 Å². The van der Waals surface area contributed by atoms with Crippen molar-refractivity contribution in [2.45, 2.75) is 13.3 Å². The summed E-state index contributed by atoms with van der Waals surface area (Å²) in [7, 11) is 1.98. The van der Waals surface area contributed by atoms with Gasteiger partial charge in [-0.05, 0) is 43.3 Å². The summed E-state index contributed by atoms with van der Waals surface area (Å²) in [6.45, 7) is 5.10. The van der Waals surface area contributed by atoms with Crippen molar-refractivity contribution in [3.05, 3.63) is 65.4 Å². The van der Waals surface area contributed by atoms with E-state index in [0.717, 1.165) is 42.6 Å². The van der Waals surface area contributed by atoms with Gasteiger partial charge in [-0.1, -0.05) is 19.1 Å². The number of piperazine rings is 1. The molecule has 0 aliphatic carbocycles. The Kier molecular flexibility index (Phi) is 6.23. The van der Waals surface area contributed by atoms with Gasteiger partial charge in [0.15, 0.2) is 0 Å². The van der Waals surface area contributed by atoms with E-state index < -0.39 is 23.4 Å². The minimum absolute atomic E-state index is 0.185. The molecule has 1 saturated heterocycles. The molecule has 0 spiro atoms. The molecule has 0 N–H and O–H groups in total. The van der Waals surface area contributed by atoms with Crippen molar-refractivity contribution >= 4 is 23.1 Å². The van der Waals surface area contributed by atoms with Gasteiger partial charge in [-0.2, -0.15) is 0 Å². The van der Waals surface area contributed by atoms with Gasteiger partial charge in [-0.15, -0.1) is 0 Å². The van der Waals surface area contributed by atoms with Crippen molar-refractivity contribution in [1.29, 1.82) is 0 Å². The van der Waals surface area contributed by atoms with Crippen LogP contribution in [0, 0.1) is 11.6 Å². The number of anilines is 1. The smallest absolute Gasteiger partial charge is 0.282 e. The number of carbonyl (C=O) groups excluding carboxylic acids is 2. The zero-order valence-corrected chi connectivity index (χ0v) is 18.1. The Balaban J connectivity index is 1.77. The van der Waals surface area contributed by atoms with E-state index in [9.17, 15) is 18.4 Å². The monoisotopic (exact) mass is 441 g/mol. The zero-order valence-electron chi connectivity index (χ0n) is 18.1. The molecule has 0 unspecified atom stereocenters. The minimum atomic E-state index is -0.838. The second kappa shape index (κ2) is 9.08. The Morgan fingerprint density at radius 2 is 1.62 bits per heavy atom. The molecule has 0 saturated carbocycles. The third-order valence-corrected chi connectivity index (χ3v) is 5.64. The fourth-order valence-corrected chi connectivity index (χ4v) is 3.92. The molecule has 0 atom stereocenters. The molecule has 6 nitrogen and oxygen atoms in total. The summed E-state index contributed by atoms with van der Waals surface area (Å²) >= 11 is 0. The first kappa shape index (κ1) is 22.0. The van der Waals surface area contributed by atoms with E-state index in [4.69, 9.17) is 4.74 Å². The van der Waals surface area contributed by atoms with E-state index in [0.29, 0.717) is 31.0 Å². The number of imide groups is 1. The summed E-state index contributed by atoms with van der Waals surface area (Å²) in [4.78, 5) is 31.6. The van der Waals surface area contributed by atoms with Crippen molar-refractivity contribution in [1.82, 2.24) is 9.80 Å². The molecule has 8 heteroatoms. The molecule has 0 aromatic heterocycles. The first-order valence-corrected chi connectivity index (χ1v) is 10.7. The zero-order chi connectivity index (χ0) is 22.8. The minimum Gasteiger partial charge on any atom is -0.494 e. The Hall–Kier alpha value is -3.26. The lowest BCUT2D eigenvalue weighted by atomic mass is 10.0. The number of ether oxygens (including phenoxy) is 1. The predicted octanol–water partition coefficient (Wildman–Crippen LogP) is 3.29. The van der Waals surface area contributed by atoms with E-state index in [-0.39, 0.29) is 17.0 Å². The van der Waals surface area contributed by atoms with Crippen molar-refractivity contribution in [2.75, 3.05) is 44.7 Å². The third-order valence-electron chi connectivity index (χ3n) is 5.64. The van der Waals surface area contributed by atoms with Gasteiger partial charge in [-0.25, -0.2) is 13.7 Å². The lowest BCUT2D eigenvalue weighted by Gasteiger charge is -2.34. The van der Waals surface area contributed by atoms with Crippen LogP contribution in [0.5, 0.6) is 5.75 Å². The highest BCUT2D eigenvalue weighted by Gasteiger charge is 2.44. The van der Waals surface area contributed by atoms with Crippen LogP contribution in [0.15, 0.2) is 48.2 Å². The van der Waals surface area contributed by atoms with Gasteiger partial charge in [0.1, 0.15) is 23.1 Å². The normalized spacial score (nSPS) is 17.5.